The fourth-order valence-corrected chi connectivity index (χ4v) is 1.45. The zero-order chi connectivity index (χ0) is 9.84. The molecule has 0 amide bonds. The van der Waals surface area contributed by atoms with Gasteiger partial charge in [0.2, 0.25) is 0 Å². The predicted octanol–water partition coefficient (Wildman–Crippen LogP) is 2.46. The maximum atomic E-state index is 11.2. The van der Waals surface area contributed by atoms with Crippen molar-refractivity contribution in [3.8, 4) is 0 Å². The van der Waals surface area contributed by atoms with Crippen LogP contribution in [0.15, 0.2) is 24.3 Å². The summed E-state index contributed by atoms with van der Waals surface area (Å²) in [6.45, 7) is 7.49. The van der Waals surface area contributed by atoms with E-state index >= 15 is 0 Å². The van der Waals surface area contributed by atoms with E-state index in [-0.39, 0.29) is 18.0 Å². The molecule has 0 aromatic heterocycles. The van der Waals surface area contributed by atoms with Gasteiger partial charge in [-0.2, -0.15) is 0 Å². The highest BCUT2D eigenvalue weighted by Crippen LogP contribution is 2.24. The van der Waals surface area contributed by atoms with E-state index < -0.39 is 0 Å². The van der Waals surface area contributed by atoms with Gasteiger partial charge in [0.15, 0.2) is 0 Å². The largest absolute Gasteiger partial charge is 0.458 e. The molecular formula is C11H16O2. The number of carbonyl (C=O) groups is 1. The molecule has 72 valence electrons. The first-order chi connectivity index (χ1) is 6.15. The minimum atomic E-state index is -0.0759. The molecule has 0 radical (unpaired) electrons. The third kappa shape index (κ3) is 2.44. The Morgan fingerprint density at radius 2 is 2.31 bits per heavy atom. The zero-order valence-corrected chi connectivity index (χ0v) is 8.25. The summed E-state index contributed by atoms with van der Waals surface area (Å²) in [5, 5.41) is 0. The quantitative estimate of drug-likeness (QED) is 0.482. The first kappa shape index (κ1) is 10.0. The average molecular weight is 180 g/mol. The minimum absolute atomic E-state index is 0.0262. The molecule has 0 bridgehead atoms. The lowest BCUT2D eigenvalue weighted by Gasteiger charge is -2.26. The van der Waals surface area contributed by atoms with Crippen LogP contribution in [-0.2, 0) is 9.53 Å². The van der Waals surface area contributed by atoms with E-state index in [1.807, 2.05) is 19.9 Å². The van der Waals surface area contributed by atoms with Gasteiger partial charge in [0.1, 0.15) is 6.10 Å². The summed E-state index contributed by atoms with van der Waals surface area (Å²) >= 11 is 0. The van der Waals surface area contributed by atoms with Crippen LogP contribution in [0.3, 0.4) is 0 Å². The summed E-state index contributed by atoms with van der Waals surface area (Å²) < 4.78 is 5.26. The van der Waals surface area contributed by atoms with Crippen molar-refractivity contribution in [2.24, 2.45) is 5.92 Å². The molecule has 13 heavy (non-hydrogen) atoms. The van der Waals surface area contributed by atoms with Crippen LogP contribution in [0, 0.1) is 5.92 Å². The normalized spacial score (nSPS) is 29.7. The van der Waals surface area contributed by atoms with Gasteiger partial charge in [0, 0.05) is 0 Å². The molecule has 1 aliphatic rings. The Hall–Kier alpha value is -1.05. The predicted molar refractivity (Wildman–Crippen MR) is 52.2 cm³/mol. The minimum Gasteiger partial charge on any atom is -0.458 e. The van der Waals surface area contributed by atoms with E-state index in [4.69, 9.17) is 4.74 Å². The molecule has 1 heterocycles. The molecule has 0 saturated carbocycles. The van der Waals surface area contributed by atoms with Gasteiger partial charge in [-0.05, 0) is 25.3 Å². The molecule has 1 rings (SSSR count). The van der Waals surface area contributed by atoms with Crippen LogP contribution in [0.4, 0.5) is 0 Å². The number of cyclic esters (lactones) is 1. The number of hydrogen-bond acceptors (Lipinski definition) is 2. The smallest absolute Gasteiger partial charge is 0.309 e. The van der Waals surface area contributed by atoms with Crippen molar-refractivity contribution in [2.45, 2.75) is 32.8 Å². The van der Waals surface area contributed by atoms with Crippen molar-refractivity contribution < 1.29 is 9.53 Å². The molecule has 0 aliphatic carbocycles. The lowest BCUT2D eigenvalue weighted by molar-refractivity contribution is -0.157. The van der Waals surface area contributed by atoms with Gasteiger partial charge < -0.3 is 4.74 Å². The van der Waals surface area contributed by atoms with Gasteiger partial charge in [-0.25, -0.2) is 0 Å². The van der Waals surface area contributed by atoms with Crippen LogP contribution < -0.4 is 0 Å². The van der Waals surface area contributed by atoms with Gasteiger partial charge in [0.25, 0.3) is 0 Å². The standard InChI is InChI=1S/C11H16O2/c1-4-5-8(2)10-7-6-9(3)11(12)13-10/h4-5,9-10H,1,6-7H2,2-3H3/b8-5+/t9-,10+/m0/s1. The number of ether oxygens (including phenoxy) is 1. The molecule has 1 saturated heterocycles. The molecule has 1 aliphatic heterocycles. The molecule has 2 heteroatoms. The van der Waals surface area contributed by atoms with E-state index in [2.05, 4.69) is 6.58 Å². The Morgan fingerprint density at radius 3 is 2.85 bits per heavy atom. The Labute approximate surface area is 79.3 Å². The third-order valence-electron chi connectivity index (χ3n) is 2.41. The summed E-state index contributed by atoms with van der Waals surface area (Å²) in [6, 6.07) is 0. The summed E-state index contributed by atoms with van der Waals surface area (Å²) in [5.74, 6) is -0.0131. The van der Waals surface area contributed by atoms with E-state index in [0.29, 0.717) is 0 Å². The first-order valence-corrected chi connectivity index (χ1v) is 4.65. The van der Waals surface area contributed by atoms with Gasteiger partial charge in [-0.3, -0.25) is 4.79 Å². The SMILES string of the molecule is C=C/C=C(\C)[C@H]1CC[C@H](C)C(=O)O1. The number of carbonyl (C=O) groups excluding carboxylic acids is 1. The Kier molecular flexibility index (Phi) is 3.29. The third-order valence-corrected chi connectivity index (χ3v) is 2.41. The zero-order valence-electron chi connectivity index (χ0n) is 8.25. The lowest BCUT2D eigenvalue weighted by Crippen LogP contribution is -2.30. The number of hydrogen-bond donors (Lipinski definition) is 0. The molecule has 2 nitrogen and oxygen atoms in total. The summed E-state index contributed by atoms with van der Waals surface area (Å²) in [5.41, 5.74) is 1.08. The number of rotatable bonds is 2. The van der Waals surface area contributed by atoms with Gasteiger partial charge >= 0.3 is 5.97 Å². The average Bonchev–Trinajstić information content (AvgIpc) is 2.10. The second-order valence-electron chi connectivity index (χ2n) is 3.55. The van der Waals surface area contributed by atoms with E-state index in [0.717, 1.165) is 18.4 Å². The monoisotopic (exact) mass is 180 g/mol. The number of allylic oxidation sites excluding steroid dienone is 2. The fraction of sp³-hybridized carbons (Fsp3) is 0.545. The molecule has 0 unspecified atom stereocenters. The van der Waals surface area contributed by atoms with Crippen LogP contribution in [0.25, 0.3) is 0 Å². The topological polar surface area (TPSA) is 26.3 Å². The van der Waals surface area contributed by atoms with Crippen molar-refractivity contribution >= 4 is 5.97 Å². The van der Waals surface area contributed by atoms with Gasteiger partial charge in [-0.15, -0.1) is 0 Å². The Balaban J connectivity index is 2.60. The summed E-state index contributed by atoms with van der Waals surface area (Å²) in [7, 11) is 0. The molecule has 2 atom stereocenters. The Morgan fingerprint density at radius 1 is 1.62 bits per heavy atom. The molecule has 0 aromatic carbocycles. The molecule has 0 N–H and O–H groups in total. The molecular weight excluding hydrogens is 164 g/mol. The fourth-order valence-electron chi connectivity index (χ4n) is 1.45. The van der Waals surface area contributed by atoms with Crippen LogP contribution in [0.2, 0.25) is 0 Å². The molecule has 0 spiro atoms. The van der Waals surface area contributed by atoms with Crippen molar-refractivity contribution in [3.05, 3.63) is 24.3 Å². The van der Waals surface area contributed by atoms with E-state index in [9.17, 15) is 4.79 Å². The van der Waals surface area contributed by atoms with E-state index in [1.54, 1.807) is 6.08 Å². The van der Waals surface area contributed by atoms with Crippen molar-refractivity contribution in [2.75, 3.05) is 0 Å². The summed E-state index contributed by atoms with van der Waals surface area (Å²) in [6.07, 6.45) is 5.45. The van der Waals surface area contributed by atoms with Crippen LogP contribution in [0.5, 0.6) is 0 Å². The highest BCUT2D eigenvalue weighted by molar-refractivity contribution is 5.73. The first-order valence-electron chi connectivity index (χ1n) is 4.65. The lowest BCUT2D eigenvalue weighted by atomic mass is 9.96. The Bertz CT molecular complexity index is 240. The van der Waals surface area contributed by atoms with Crippen molar-refractivity contribution in [1.82, 2.24) is 0 Å². The second kappa shape index (κ2) is 4.26. The van der Waals surface area contributed by atoms with Crippen LogP contribution in [0.1, 0.15) is 26.7 Å². The van der Waals surface area contributed by atoms with Crippen molar-refractivity contribution in [1.29, 1.82) is 0 Å². The van der Waals surface area contributed by atoms with Gasteiger partial charge in [0.05, 0.1) is 5.92 Å². The summed E-state index contributed by atoms with van der Waals surface area (Å²) in [4.78, 5) is 11.2. The van der Waals surface area contributed by atoms with Gasteiger partial charge in [-0.1, -0.05) is 25.7 Å². The maximum Gasteiger partial charge on any atom is 0.309 e. The van der Waals surface area contributed by atoms with Crippen LogP contribution >= 0.6 is 0 Å². The highest BCUT2D eigenvalue weighted by Gasteiger charge is 2.27. The van der Waals surface area contributed by atoms with Crippen LogP contribution in [-0.4, -0.2) is 12.1 Å². The second-order valence-corrected chi connectivity index (χ2v) is 3.55. The molecule has 1 fully saturated rings. The van der Waals surface area contributed by atoms with E-state index in [1.165, 1.54) is 0 Å². The van der Waals surface area contributed by atoms with Crippen molar-refractivity contribution in [3.63, 3.8) is 0 Å². The molecule has 0 aromatic rings. The maximum absolute atomic E-state index is 11.2. The number of esters is 1. The highest BCUT2D eigenvalue weighted by atomic mass is 16.5.